The molecule has 2 rings (SSSR count). The lowest BCUT2D eigenvalue weighted by atomic mass is 10.1. The van der Waals surface area contributed by atoms with Crippen molar-refractivity contribution in [2.75, 3.05) is 11.9 Å². The summed E-state index contributed by atoms with van der Waals surface area (Å²) in [5, 5.41) is 14.6. The van der Waals surface area contributed by atoms with E-state index in [1.807, 2.05) is 0 Å². The van der Waals surface area contributed by atoms with Crippen LogP contribution in [0, 0.1) is 0 Å². The highest BCUT2D eigenvalue weighted by atomic mass is 16.4. The van der Waals surface area contributed by atoms with Gasteiger partial charge in [0, 0.05) is 12.5 Å². The zero-order chi connectivity index (χ0) is 13.0. The number of carbonyl (C=O) groups is 2. The molecule has 1 amide bonds. The van der Waals surface area contributed by atoms with Crippen LogP contribution in [-0.4, -0.2) is 34.6 Å². The number of carboxylic acids is 1. The average Bonchev–Trinajstić information content (AvgIpc) is 2.82. The maximum absolute atomic E-state index is 11.7. The Hall–Kier alpha value is -1.95. The lowest BCUT2D eigenvalue weighted by Gasteiger charge is -2.10. The molecular weight excluding hydrogens is 234 g/mol. The number of aromatic nitrogens is 1. The molecule has 18 heavy (non-hydrogen) atoms. The Kier molecular flexibility index (Phi) is 3.88. The molecule has 0 aliphatic carbocycles. The molecule has 0 spiro atoms. The van der Waals surface area contributed by atoms with Gasteiger partial charge in [-0.3, -0.25) is 4.79 Å². The second-order valence-electron chi connectivity index (χ2n) is 4.28. The van der Waals surface area contributed by atoms with Crippen LogP contribution in [0.15, 0.2) is 18.3 Å². The van der Waals surface area contributed by atoms with Crippen molar-refractivity contribution in [2.24, 2.45) is 0 Å². The monoisotopic (exact) mass is 249 g/mol. The molecule has 0 bridgehead atoms. The number of carboxylic acid groups (broad SMARTS) is 1. The van der Waals surface area contributed by atoms with Crippen LogP contribution in [0.5, 0.6) is 0 Å². The number of nitrogens with zero attached hydrogens (tertiary/aromatic N) is 1. The molecule has 1 fully saturated rings. The van der Waals surface area contributed by atoms with Gasteiger partial charge in [0.25, 0.3) is 0 Å². The van der Waals surface area contributed by atoms with Gasteiger partial charge in [-0.15, -0.1) is 0 Å². The molecule has 2 heterocycles. The van der Waals surface area contributed by atoms with E-state index >= 15 is 0 Å². The second-order valence-corrected chi connectivity index (χ2v) is 4.28. The van der Waals surface area contributed by atoms with E-state index in [1.54, 1.807) is 0 Å². The van der Waals surface area contributed by atoms with Gasteiger partial charge < -0.3 is 15.7 Å². The van der Waals surface area contributed by atoms with Crippen LogP contribution >= 0.6 is 0 Å². The first kappa shape index (κ1) is 12.5. The van der Waals surface area contributed by atoms with E-state index in [4.69, 9.17) is 5.11 Å². The molecule has 1 aromatic heterocycles. The summed E-state index contributed by atoms with van der Waals surface area (Å²) in [7, 11) is 0. The predicted molar refractivity (Wildman–Crippen MR) is 65.5 cm³/mol. The smallest absolute Gasteiger partial charge is 0.354 e. The molecule has 3 N–H and O–H groups in total. The van der Waals surface area contributed by atoms with E-state index in [0.29, 0.717) is 12.1 Å². The third-order valence-electron chi connectivity index (χ3n) is 2.86. The van der Waals surface area contributed by atoms with Gasteiger partial charge in [-0.05, 0) is 31.5 Å². The fraction of sp³-hybridized carbons (Fsp3) is 0.417. The van der Waals surface area contributed by atoms with Crippen LogP contribution in [0.3, 0.4) is 0 Å². The van der Waals surface area contributed by atoms with Gasteiger partial charge in [0.05, 0.1) is 11.9 Å². The molecule has 6 heteroatoms. The Balaban J connectivity index is 1.88. The summed E-state index contributed by atoms with van der Waals surface area (Å²) < 4.78 is 0. The molecule has 1 unspecified atom stereocenters. The number of nitrogens with one attached hydrogen (secondary N) is 2. The van der Waals surface area contributed by atoms with Crippen molar-refractivity contribution in [1.82, 2.24) is 10.3 Å². The maximum Gasteiger partial charge on any atom is 0.354 e. The summed E-state index contributed by atoms with van der Waals surface area (Å²) in [4.78, 5) is 26.0. The lowest BCUT2D eigenvalue weighted by Crippen LogP contribution is -2.27. The number of rotatable bonds is 4. The van der Waals surface area contributed by atoms with Crippen LogP contribution in [-0.2, 0) is 4.79 Å². The summed E-state index contributed by atoms with van der Waals surface area (Å²) in [6.45, 7) is 0.965. The number of anilines is 1. The molecule has 0 aromatic carbocycles. The summed E-state index contributed by atoms with van der Waals surface area (Å²) >= 11 is 0. The first-order valence-corrected chi connectivity index (χ1v) is 5.88. The SMILES string of the molecule is O=C(CC1CCCN1)Nc1ccc(C(=O)O)nc1. The summed E-state index contributed by atoms with van der Waals surface area (Å²) in [5.41, 5.74) is 0.480. The fourth-order valence-corrected chi connectivity index (χ4v) is 1.96. The zero-order valence-corrected chi connectivity index (χ0v) is 9.85. The topological polar surface area (TPSA) is 91.3 Å². The van der Waals surface area contributed by atoms with Gasteiger partial charge in [-0.25, -0.2) is 9.78 Å². The quantitative estimate of drug-likeness (QED) is 0.736. The van der Waals surface area contributed by atoms with E-state index in [0.717, 1.165) is 19.4 Å². The highest BCUT2D eigenvalue weighted by Crippen LogP contribution is 2.11. The molecule has 0 saturated carbocycles. The summed E-state index contributed by atoms with van der Waals surface area (Å²) in [5.74, 6) is -1.16. The van der Waals surface area contributed by atoms with Crippen LogP contribution in [0.2, 0.25) is 0 Å². The van der Waals surface area contributed by atoms with Gasteiger partial charge in [0.15, 0.2) is 0 Å². The van der Waals surface area contributed by atoms with Gasteiger partial charge in [0.1, 0.15) is 5.69 Å². The molecular formula is C12H15N3O3. The van der Waals surface area contributed by atoms with Crippen LogP contribution in [0.4, 0.5) is 5.69 Å². The van der Waals surface area contributed by atoms with Crippen molar-refractivity contribution in [3.05, 3.63) is 24.0 Å². The van der Waals surface area contributed by atoms with Gasteiger partial charge >= 0.3 is 5.97 Å². The van der Waals surface area contributed by atoms with Crippen molar-refractivity contribution >= 4 is 17.6 Å². The molecule has 0 radical (unpaired) electrons. The van der Waals surface area contributed by atoms with Crippen LogP contribution < -0.4 is 10.6 Å². The summed E-state index contributed by atoms with van der Waals surface area (Å²) in [6.07, 6.45) is 3.90. The Bertz CT molecular complexity index is 438. The molecule has 1 aliphatic heterocycles. The Morgan fingerprint density at radius 1 is 1.50 bits per heavy atom. The minimum atomic E-state index is -1.08. The standard InChI is InChI=1S/C12H15N3O3/c16-11(6-8-2-1-5-13-8)15-9-3-4-10(12(17)18)14-7-9/h3-4,7-8,13H,1-2,5-6H2,(H,15,16)(H,17,18). The van der Waals surface area contributed by atoms with E-state index < -0.39 is 5.97 Å². The van der Waals surface area contributed by atoms with E-state index in [9.17, 15) is 9.59 Å². The zero-order valence-electron chi connectivity index (χ0n) is 9.85. The van der Waals surface area contributed by atoms with E-state index in [2.05, 4.69) is 15.6 Å². The highest BCUT2D eigenvalue weighted by Gasteiger charge is 2.17. The number of aromatic carboxylic acids is 1. The first-order valence-electron chi connectivity index (χ1n) is 5.88. The number of hydrogen-bond donors (Lipinski definition) is 3. The lowest BCUT2D eigenvalue weighted by molar-refractivity contribution is -0.116. The van der Waals surface area contributed by atoms with Gasteiger partial charge in [0.2, 0.25) is 5.91 Å². The van der Waals surface area contributed by atoms with E-state index in [-0.39, 0.29) is 17.6 Å². The molecule has 1 aliphatic rings. The first-order chi connectivity index (χ1) is 8.65. The molecule has 96 valence electrons. The summed E-state index contributed by atoms with van der Waals surface area (Å²) in [6, 6.07) is 3.15. The van der Waals surface area contributed by atoms with Crippen molar-refractivity contribution < 1.29 is 14.7 Å². The third kappa shape index (κ3) is 3.27. The van der Waals surface area contributed by atoms with Crippen molar-refractivity contribution in [3.8, 4) is 0 Å². The minimum absolute atomic E-state index is 0.0366. The molecule has 1 saturated heterocycles. The number of pyridine rings is 1. The number of hydrogen-bond acceptors (Lipinski definition) is 4. The molecule has 1 atom stereocenters. The number of carbonyl (C=O) groups excluding carboxylic acids is 1. The fourth-order valence-electron chi connectivity index (χ4n) is 1.96. The Labute approximate surface area is 104 Å². The van der Waals surface area contributed by atoms with Gasteiger partial charge in [-0.2, -0.15) is 0 Å². The largest absolute Gasteiger partial charge is 0.477 e. The predicted octanol–water partition coefficient (Wildman–Crippen LogP) is 0.860. The Morgan fingerprint density at radius 2 is 2.33 bits per heavy atom. The third-order valence-corrected chi connectivity index (χ3v) is 2.86. The molecule has 1 aromatic rings. The average molecular weight is 249 g/mol. The van der Waals surface area contributed by atoms with Gasteiger partial charge in [-0.1, -0.05) is 0 Å². The van der Waals surface area contributed by atoms with Crippen molar-refractivity contribution in [3.63, 3.8) is 0 Å². The van der Waals surface area contributed by atoms with Crippen LogP contribution in [0.25, 0.3) is 0 Å². The van der Waals surface area contributed by atoms with E-state index in [1.165, 1.54) is 18.3 Å². The van der Waals surface area contributed by atoms with Crippen molar-refractivity contribution in [2.45, 2.75) is 25.3 Å². The van der Waals surface area contributed by atoms with Crippen molar-refractivity contribution in [1.29, 1.82) is 0 Å². The highest BCUT2D eigenvalue weighted by molar-refractivity contribution is 5.91. The second kappa shape index (κ2) is 5.59. The maximum atomic E-state index is 11.7. The minimum Gasteiger partial charge on any atom is -0.477 e. The normalized spacial score (nSPS) is 18.6. The number of amides is 1. The Morgan fingerprint density at radius 3 is 2.89 bits per heavy atom. The van der Waals surface area contributed by atoms with Crippen LogP contribution in [0.1, 0.15) is 29.8 Å². The molecule has 6 nitrogen and oxygen atoms in total.